The van der Waals surface area contributed by atoms with E-state index in [1.165, 1.54) is 25.1 Å². The Bertz CT molecular complexity index is 644. The Labute approximate surface area is 120 Å². The Balaban J connectivity index is 2.18. The first kappa shape index (κ1) is 15.0. The first-order valence-electron chi connectivity index (χ1n) is 6.47. The van der Waals surface area contributed by atoms with E-state index < -0.39 is 12.3 Å². The third-order valence-corrected chi connectivity index (χ3v) is 3.32. The molecule has 4 nitrogen and oxygen atoms in total. The lowest BCUT2D eigenvalue weighted by Gasteiger charge is -2.09. The van der Waals surface area contributed by atoms with E-state index in [-0.39, 0.29) is 22.8 Å². The highest BCUT2D eigenvalue weighted by Gasteiger charge is 2.30. The van der Waals surface area contributed by atoms with E-state index in [1.807, 2.05) is 0 Å². The van der Waals surface area contributed by atoms with Crippen LogP contribution in [0.4, 0.5) is 14.5 Å². The third-order valence-electron chi connectivity index (χ3n) is 3.32. The number of carbonyl (C=O) groups excluding carboxylic acids is 1. The molecule has 2 N–H and O–H groups in total. The van der Waals surface area contributed by atoms with Crippen molar-refractivity contribution in [2.45, 2.75) is 26.2 Å². The van der Waals surface area contributed by atoms with E-state index in [9.17, 15) is 18.7 Å². The molecule has 1 saturated carbocycles. The van der Waals surface area contributed by atoms with Crippen LogP contribution in [0.1, 0.15) is 30.4 Å². The maximum absolute atomic E-state index is 12.6. The largest absolute Gasteiger partial charge is 0.510 e. The molecule has 1 aliphatic rings. The fourth-order valence-electron chi connectivity index (χ4n) is 1.98. The Morgan fingerprint density at radius 1 is 1.48 bits per heavy atom. The molecule has 1 aromatic carbocycles. The number of nitrogens with zero attached hydrogens (tertiary/aromatic N) is 1. The van der Waals surface area contributed by atoms with Crippen molar-refractivity contribution in [3.8, 4) is 6.07 Å². The average Bonchev–Trinajstić information content (AvgIpc) is 3.23. The summed E-state index contributed by atoms with van der Waals surface area (Å²) < 4.78 is 25.3. The molecule has 0 heterocycles. The van der Waals surface area contributed by atoms with Crippen molar-refractivity contribution in [2.24, 2.45) is 5.92 Å². The number of aliphatic hydroxyl groups excluding tert-OH is 1. The maximum atomic E-state index is 12.6. The molecule has 0 radical (unpaired) electrons. The molecule has 0 aliphatic heterocycles. The number of benzene rings is 1. The van der Waals surface area contributed by atoms with E-state index in [2.05, 4.69) is 5.32 Å². The van der Waals surface area contributed by atoms with Crippen LogP contribution in [0.25, 0.3) is 0 Å². The summed E-state index contributed by atoms with van der Waals surface area (Å²) in [7, 11) is 0. The van der Waals surface area contributed by atoms with Crippen LogP contribution in [0.5, 0.6) is 0 Å². The summed E-state index contributed by atoms with van der Waals surface area (Å²) in [6.45, 7) is 1.51. The predicted molar refractivity (Wildman–Crippen MR) is 72.8 cm³/mol. The van der Waals surface area contributed by atoms with E-state index in [0.717, 1.165) is 12.8 Å². The van der Waals surface area contributed by atoms with Crippen LogP contribution in [0, 0.1) is 24.2 Å². The predicted octanol–water partition coefficient (Wildman–Crippen LogP) is 3.62. The summed E-state index contributed by atoms with van der Waals surface area (Å²) in [6, 6.07) is 5.66. The monoisotopic (exact) mass is 292 g/mol. The SMILES string of the molecule is Cc1cc(NC(=O)/C(C#N)=C(\O)C2CC2)ccc1C(F)F. The van der Waals surface area contributed by atoms with Crippen molar-refractivity contribution in [2.75, 3.05) is 5.32 Å². The first-order chi connectivity index (χ1) is 9.93. The second-order valence-electron chi connectivity index (χ2n) is 4.97. The molecule has 0 bridgehead atoms. The number of hydrogen-bond acceptors (Lipinski definition) is 3. The van der Waals surface area contributed by atoms with Crippen LogP contribution in [-0.4, -0.2) is 11.0 Å². The van der Waals surface area contributed by atoms with E-state index in [0.29, 0.717) is 11.3 Å². The van der Waals surface area contributed by atoms with Crippen LogP contribution >= 0.6 is 0 Å². The lowest BCUT2D eigenvalue weighted by atomic mass is 10.1. The molecule has 21 heavy (non-hydrogen) atoms. The molecule has 0 aromatic heterocycles. The summed E-state index contributed by atoms with van der Waals surface area (Å²) in [5.41, 5.74) is 0.216. The van der Waals surface area contributed by atoms with Crippen molar-refractivity contribution in [3.05, 3.63) is 40.7 Å². The molecule has 0 saturated heterocycles. The lowest BCUT2D eigenvalue weighted by Crippen LogP contribution is -2.16. The molecule has 1 fully saturated rings. The fourth-order valence-corrected chi connectivity index (χ4v) is 1.98. The van der Waals surface area contributed by atoms with Crippen LogP contribution in [0.3, 0.4) is 0 Å². The van der Waals surface area contributed by atoms with Gasteiger partial charge in [0.05, 0.1) is 0 Å². The van der Waals surface area contributed by atoms with Crippen LogP contribution in [-0.2, 0) is 4.79 Å². The van der Waals surface area contributed by atoms with Gasteiger partial charge < -0.3 is 10.4 Å². The second kappa shape index (κ2) is 5.92. The van der Waals surface area contributed by atoms with Gasteiger partial charge in [-0.2, -0.15) is 5.26 Å². The Morgan fingerprint density at radius 2 is 2.14 bits per heavy atom. The van der Waals surface area contributed by atoms with Gasteiger partial charge in [0, 0.05) is 17.2 Å². The molecule has 1 amide bonds. The quantitative estimate of drug-likeness (QED) is 0.505. The number of aryl methyl sites for hydroxylation is 1. The van der Waals surface area contributed by atoms with Gasteiger partial charge >= 0.3 is 0 Å². The molecule has 2 rings (SSSR count). The highest BCUT2D eigenvalue weighted by atomic mass is 19.3. The van der Waals surface area contributed by atoms with E-state index in [4.69, 9.17) is 5.26 Å². The number of allylic oxidation sites excluding steroid dienone is 1. The number of anilines is 1. The molecule has 1 aliphatic carbocycles. The summed E-state index contributed by atoms with van der Waals surface area (Å²) in [6.07, 6.45) is -1.07. The van der Waals surface area contributed by atoms with Crippen molar-refractivity contribution in [3.63, 3.8) is 0 Å². The zero-order valence-corrected chi connectivity index (χ0v) is 11.4. The first-order valence-corrected chi connectivity index (χ1v) is 6.47. The topological polar surface area (TPSA) is 73.1 Å². The molecule has 6 heteroatoms. The minimum absolute atomic E-state index is 0.107. The number of aliphatic hydroxyl groups is 1. The van der Waals surface area contributed by atoms with Gasteiger partial charge in [0.2, 0.25) is 0 Å². The third kappa shape index (κ3) is 3.37. The zero-order chi connectivity index (χ0) is 15.6. The summed E-state index contributed by atoms with van der Waals surface area (Å²) in [5.74, 6) is -1.05. The normalized spacial score (nSPS) is 15.4. The summed E-state index contributed by atoms with van der Waals surface area (Å²) >= 11 is 0. The molecule has 110 valence electrons. The number of hydrogen-bond donors (Lipinski definition) is 2. The zero-order valence-electron chi connectivity index (χ0n) is 11.4. The average molecular weight is 292 g/mol. The van der Waals surface area contributed by atoms with Gasteiger partial charge in [0.15, 0.2) is 5.57 Å². The Morgan fingerprint density at radius 3 is 2.62 bits per heavy atom. The minimum Gasteiger partial charge on any atom is -0.510 e. The standard InChI is InChI=1S/C15H14F2N2O2/c1-8-6-10(4-5-11(8)14(16)17)19-15(21)12(7-18)13(20)9-2-3-9/h4-6,9,14,20H,2-3H2,1H3,(H,19,21)/b13-12-. The van der Waals surface area contributed by atoms with Gasteiger partial charge in [-0.25, -0.2) is 8.78 Å². The minimum atomic E-state index is -2.58. The number of nitrogens with one attached hydrogen (secondary N) is 1. The molecular formula is C15H14F2N2O2. The van der Waals surface area contributed by atoms with Crippen molar-refractivity contribution in [1.29, 1.82) is 5.26 Å². The van der Waals surface area contributed by atoms with E-state index in [1.54, 1.807) is 6.07 Å². The number of carbonyl (C=O) groups is 1. The number of amides is 1. The van der Waals surface area contributed by atoms with Gasteiger partial charge in [-0.05, 0) is 37.5 Å². The highest BCUT2D eigenvalue weighted by molar-refractivity contribution is 6.07. The number of alkyl halides is 2. The van der Waals surface area contributed by atoms with Crippen molar-refractivity contribution < 1.29 is 18.7 Å². The van der Waals surface area contributed by atoms with Gasteiger partial charge in [0.25, 0.3) is 12.3 Å². The number of rotatable bonds is 4. The van der Waals surface area contributed by atoms with Gasteiger partial charge in [0.1, 0.15) is 11.8 Å². The number of halogens is 2. The van der Waals surface area contributed by atoms with Gasteiger partial charge in [-0.1, -0.05) is 6.07 Å². The number of nitriles is 1. The molecule has 0 spiro atoms. The van der Waals surface area contributed by atoms with Crippen LogP contribution in [0.15, 0.2) is 29.5 Å². The molecule has 0 atom stereocenters. The van der Waals surface area contributed by atoms with Crippen LogP contribution in [0.2, 0.25) is 0 Å². The highest BCUT2D eigenvalue weighted by Crippen LogP contribution is 2.36. The molecule has 1 aromatic rings. The summed E-state index contributed by atoms with van der Waals surface area (Å²) in [5, 5.41) is 21.2. The second-order valence-corrected chi connectivity index (χ2v) is 4.97. The van der Waals surface area contributed by atoms with Crippen molar-refractivity contribution >= 4 is 11.6 Å². The summed E-state index contributed by atoms with van der Waals surface area (Å²) in [4.78, 5) is 11.9. The van der Waals surface area contributed by atoms with Crippen molar-refractivity contribution in [1.82, 2.24) is 0 Å². The Kier molecular flexibility index (Phi) is 4.22. The fraction of sp³-hybridized carbons (Fsp3) is 0.333. The van der Waals surface area contributed by atoms with Crippen LogP contribution < -0.4 is 5.32 Å². The van der Waals surface area contributed by atoms with Gasteiger partial charge in [-0.15, -0.1) is 0 Å². The van der Waals surface area contributed by atoms with Gasteiger partial charge in [-0.3, -0.25) is 4.79 Å². The molecular weight excluding hydrogens is 278 g/mol. The lowest BCUT2D eigenvalue weighted by molar-refractivity contribution is -0.112. The smallest absolute Gasteiger partial charge is 0.269 e. The molecule has 0 unspecified atom stereocenters. The van der Waals surface area contributed by atoms with E-state index >= 15 is 0 Å². The Hall–Kier alpha value is -2.42. The maximum Gasteiger partial charge on any atom is 0.269 e.